The zero-order valence-corrected chi connectivity index (χ0v) is 8.42. The molecule has 1 aromatic rings. The summed E-state index contributed by atoms with van der Waals surface area (Å²) in [6, 6.07) is 0. The van der Waals surface area contributed by atoms with E-state index in [1.54, 1.807) is 5.38 Å². The first-order valence-electron chi connectivity index (χ1n) is 4.39. The number of nitrogens with zero attached hydrogens (tertiary/aromatic N) is 2. The molecule has 76 valence electrons. The van der Waals surface area contributed by atoms with Gasteiger partial charge in [0.2, 0.25) is 0 Å². The minimum atomic E-state index is -0.0483. The zero-order chi connectivity index (χ0) is 9.97. The van der Waals surface area contributed by atoms with E-state index in [1.807, 2.05) is 0 Å². The van der Waals surface area contributed by atoms with Crippen molar-refractivity contribution < 1.29 is 9.63 Å². The normalized spacial score (nSPS) is 16.1. The summed E-state index contributed by atoms with van der Waals surface area (Å²) in [5, 5.41) is 3.69. The molecule has 0 aliphatic carbocycles. The van der Waals surface area contributed by atoms with Gasteiger partial charge < -0.3 is 5.73 Å². The topological polar surface area (TPSA) is 68.5 Å². The molecule has 0 saturated carbocycles. The van der Waals surface area contributed by atoms with E-state index < -0.39 is 0 Å². The minimum Gasteiger partial charge on any atom is -0.375 e. The molecule has 1 saturated heterocycles. The van der Waals surface area contributed by atoms with Gasteiger partial charge in [-0.15, -0.1) is 11.3 Å². The van der Waals surface area contributed by atoms with Crippen LogP contribution in [0.25, 0.3) is 0 Å². The quantitative estimate of drug-likeness (QED) is 0.773. The van der Waals surface area contributed by atoms with E-state index in [1.165, 1.54) is 16.4 Å². The van der Waals surface area contributed by atoms with E-state index >= 15 is 0 Å². The van der Waals surface area contributed by atoms with Crippen LogP contribution in [0.1, 0.15) is 12.1 Å². The number of carbonyl (C=O) groups is 1. The molecule has 1 amide bonds. The predicted molar refractivity (Wildman–Crippen MR) is 52.5 cm³/mol. The molecular formula is C8H11N3O2S. The fraction of sp³-hybridized carbons (Fsp3) is 0.500. The third kappa shape index (κ3) is 2.02. The highest BCUT2D eigenvalue weighted by Crippen LogP contribution is 2.13. The Bertz CT molecular complexity index is 333. The number of rotatable bonds is 2. The van der Waals surface area contributed by atoms with Crippen LogP contribution in [0.5, 0.6) is 0 Å². The van der Waals surface area contributed by atoms with Crippen molar-refractivity contribution in [2.75, 3.05) is 18.9 Å². The van der Waals surface area contributed by atoms with Crippen LogP contribution >= 0.6 is 11.3 Å². The highest BCUT2D eigenvalue weighted by molar-refractivity contribution is 7.13. The zero-order valence-electron chi connectivity index (χ0n) is 7.60. The van der Waals surface area contributed by atoms with Gasteiger partial charge in [-0.05, 0) is 6.42 Å². The van der Waals surface area contributed by atoms with Gasteiger partial charge in [0.1, 0.15) is 0 Å². The van der Waals surface area contributed by atoms with E-state index in [-0.39, 0.29) is 12.3 Å². The van der Waals surface area contributed by atoms with Gasteiger partial charge in [0.05, 0.1) is 25.3 Å². The van der Waals surface area contributed by atoms with Crippen LogP contribution in [0.2, 0.25) is 0 Å². The molecule has 6 heteroatoms. The van der Waals surface area contributed by atoms with E-state index in [4.69, 9.17) is 10.6 Å². The Hall–Kier alpha value is -1.14. The summed E-state index contributed by atoms with van der Waals surface area (Å²) in [5.41, 5.74) is 6.17. The molecule has 0 radical (unpaired) electrons. The Balaban J connectivity index is 1.93. The van der Waals surface area contributed by atoms with Gasteiger partial charge in [-0.25, -0.2) is 10.0 Å². The third-order valence-corrected chi connectivity index (χ3v) is 2.66. The van der Waals surface area contributed by atoms with E-state index in [2.05, 4.69) is 4.98 Å². The summed E-state index contributed by atoms with van der Waals surface area (Å²) in [5.74, 6) is -0.0483. The first-order valence-corrected chi connectivity index (χ1v) is 5.27. The Kier molecular flexibility index (Phi) is 2.64. The maximum Gasteiger partial charge on any atom is 0.252 e. The molecule has 2 heterocycles. The SMILES string of the molecule is Nc1nc(CC(=O)N2CCCO2)cs1. The molecule has 0 aromatic carbocycles. The van der Waals surface area contributed by atoms with E-state index in [0.29, 0.717) is 24.0 Å². The maximum absolute atomic E-state index is 11.5. The predicted octanol–water partition coefficient (Wildman–Crippen LogP) is 0.432. The van der Waals surface area contributed by atoms with E-state index in [9.17, 15) is 4.79 Å². The third-order valence-electron chi connectivity index (χ3n) is 1.93. The maximum atomic E-state index is 11.5. The van der Waals surface area contributed by atoms with Crippen LogP contribution in [-0.2, 0) is 16.1 Å². The van der Waals surface area contributed by atoms with Crippen LogP contribution in [0.4, 0.5) is 5.13 Å². The van der Waals surface area contributed by atoms with Crippen molar-refractivity contribution in [1.82, 2.24) is 10.0 Å². The second kappa shape index (κ2) is 3.93. The molecule has 1 fully saturated rings. The van der Waals surface area contributed by atoms with Gasteiger partial charge in [-0.1, -0.05) is 0 Å². The van der Waals surface area contributed by atoms with Crippen molar-refractivity contribution in [2.45, 2.75) is 12.8 Å². The highest BCUT2D eigenvalue weighted by atomic mass is 32.1. The average molecular weight is 213 g/mol. The van der Waals surface area contributed by atoms with Gasteiger partial charge >= 0.3 is 0 Å². The monoisotopic (exact) mass is 213 g/mol. The summed E-state index contributed by atoms with van der Waals surface area (Å²) in [6.45, 7) is 1.31. The number of thiazole rings is 1. The number of carbonyl (C=O) groups excluding carboxylic acids is 1. The lowest BCUT2D eigenvalue weighted by molar-refractivity contribution is -0.167. The van der Waals surface area contributed by atoms with Crippen LogP contribution in [0.15, 0.2) is 5.38 Å². The Morgan fingerprint density at radius 3 is 3.21 bits per heavy atom. The summed E-state index contributed by atoms with van der Waals surface area (Å²) in [7, 11) is 0. The van der Waals surface area contributed by atoms with Crippen molar-refractivity contribution in [3.63, 3.8) is 0 Å². The van der Waals surface area contributed by atoms with Crippen molar-refractivity contribution in [3.8, 4) is 0 Å². The van der Waals surface area contributed by atoms with Crippen LogP contribution < -0.4 is 5.73 Å². The molecule has 1 aliphatic rings. The lowest BCUT2D eigenvalue weighted by atomic mass is 10.3. The summed E-state index contributed by atoms with van der Waals surface area (Å²) in [6.07, 6.45) is 1.18. The molecule has 0 atom stereocenters. The molecule has 1 aliphatic heterocycles. The lowest BCUT2D eigenvalue weighted by Crippen LogP contribution is -2.28. The Labute approximate surface area is 85.4 Å². The molecule has 0 spiro atoms. The van der Waals surface area contributed by atoms with Gasteiger partial charge in [0, 0.05) is 5.38 Å². The fourth-order valence-electron chi connectivity index (χ4n) is 1.29. The second-order valence-electron chi connectivity index (χ2n) is 3.04. The Morgan fingerprint density at radius 1 is 1.79 bits per heavy atom. The van der Waals surface area contributed by atoms with Crippen LogP contribution in [0.3, 0.4) is 0 Å². The molecule has 5 nitrogen and oxygen atoms in total. The lowest BCUT2D eigenvalue weighted by Gasteiger charge is -2.12. The first-order chi connectivity index (χ1) is 6.75. The number of aromatic nitrogens is 1. The van der Waals surface area contributed by atoms with E-state index in [0.717, 1.165) is 6.42 Å². The van der Waals surface area contributed by atoms with Gasteiger partial charge in [-0.3, -0.25) is 9.63 Å². The van der Waals surface area contributed by atoms with Gasteiger partial charge in [0.25, 0.3) is 5.91 Å². The number of anilines is 1. The summed E-state index contributed by atoms with van der Waals surface area (Å²) >= 11 is 1.34. The largest absolute Gasteiger partial charge is 0.375 e. The number of amides is 1. The minimum absolute atomic E-state index is 0.0483. The highest BCUT2D eigenvalue weighted by Gasteiger charge is 2.20. The van der Waals surface area contributed by atoms with Crippen molar-refractivity contribution in [1.29, 1.82) is 0 Å². The Morgan fingerprint density at radius 2 is 2.64 bits per heavy atom. The summed E-state index contributed by atoms with van der Waals surface area (Å²) in [4.78, 5) is 20.7. The molecule has 0 unspecified atom stereocenters. The van der Waals surface area contributed by atoms with Crippen molar-refractivity contribution in [3.05, 3.63) is 11.1 Å². The number of nitrogen functional groups attached to an aromatic ring is 1. The van der Waals surface area contributed by atoms with Gasteiger partial charge in [-0.2, -0.15) is 0 Å². The van der Waals surface area contributed by atoms with Crippen molar-refractivity contribution in [2.24, 2.45) is 0 Å². The van der Waals surface area contributed by atoms with Gasteiger partial charge in [0.15, 0.2) is 5.13 Å². The van der Waals surface area contributed by atoms with Crippen molar-refractivity contribution >= 4 is 22.4 Å². The number of hydrogen-bond acceptors (Lipinski definition) is 5. The molecule has 14 heavy (non-hydrogen) atoms. The van der Waals surface area contributed by atoms with Crippen LogP contribution in [0, 0.1) is 0 Å². The first kappa shape index (κ1) is 9.42. The van der Waals surface area contributed by atoms with Crippen LogP contribution in [-0.4, -0.2) is 29.1 Å². The molecule has 1 aromatic heterocycles. The molecule has 0 bridgehead atoms. The molecular weight excluding hydrogens is 202 g/mol. The number of hydroxylamine groups is 2. The fourth-order valence-corrected chi connectivity index (χ4v) is 1.85. The number of nitrogens with two attached hydrogens (primary N) is 1. The summed E-state index contributed by atoms with van der Waals surface area (Å²) < 4.78 is 0. The molecule has 2 rings (SSSR count). The smallest absolute Gasteiger partial charge is 0.252 e. The number of hydrogen-bond donors (Lipinski definition) is 1. The molecule has 2 N–H and O–H groups in total. The second-order valence-corrected chi connectivity index (χ2v) is 3.93. The standard InChI is InChI=1S/C8H11N3O2S/c9-8-10-6(5-14-8)4-7(12)11-2-1-3-13-11/h5H,1-4H2,(H2,9,10). The average Bonchev–Trinajstić information content (AvgIpc) is 2.75.